The van der Waals surface area contributed by atoms with Gasteiger partial charge in [-0.1, -0.05) is 13.8 Å². The molecule has 0 aliphatic heterocycles. The first-order valence-corrected chi connectivity index (χ1v) is 3.79. The van der Waals surface area contributed by atoms with E-state index < -0.39 is 0 Å². The normalized spacial score (nSPS) is 37.5. The zero-order chi connectivity index (χ0) is 6.15. The second kappa shape index (κ2) is 2.26. The van der Waals surface area contributed by atoms with Crippen molar-refractivity contribution in [3.05, 3.63) is 0 Å². The maximum Gasteiger partial charge on any atom is 0.0366 e. The van der Waals surface area contributed by atoms with Crippen molar-refractivity contribution in [1.82, 2.24) is 0 Å². The molecule has 0 bridgehead atoms. The van der Waals surface area contributed by atoms with Crippen LogP contribution < -0.4 is 0 Å². The van der Waals surface area contributed by atoms with Gasteiger partial charge >= 0.3 is 0 Å². The quantitative estimate of drug-likeness (QED) is 0.482. The first kappa shape index (κ1) is 6.41. The molecule has 0 radical (unpaired) electrons. The molecule has 8 heavy (non-hydrogen) atoms. The molecule has 0 amide bonds. The van der Waals surface area contributed by atoms with Gasteiger partial charge in [0, 0.05) is 5.38 Å². The van der Waals surface area contributed by atoms with Gasteiger partial charge in [-0.3, -0.25) is 0 Å². The van der Waals surface area contributed by atoms with E-state index in [0.29, 0.717) is 5.38 Å². The monoisotopic (exact) mass is 132 g/mol. The molecule has 0 N–H and O–H groups in total. The molecule has 1 saturated carbocycles. The summed E-state index contributed by atoms with van der Waals surface area (Å²) in [6.07, 6.45) is 2.59. The average molecular weight is 133 g/mol. The fourth-order valence-electron chi connectivity index (χ4n) is 1.24. The molecule has 0 aromatic carbocycles. The van der Waals surface area contributed by atoms with Crippen molar-refractivity contribution in [1.29, 1.82) is 0 Å². The Hall–Kier alpha value is 0.290. The first-order valence-electron chi connectivity index (χ1n) is 3.36. The minimum Gasteiger partial charge on any atom is -0.123 e. The van der Waals surface area contributed by atoms with Crippen molar-refractivity contribution < 1.29 is 0 Å². The summed E-state index contributed by atoms with van der Waals surface area (Å²) in [5.74, 6) is 1.61. The van der Waals surface area contributed by atoms with Crippen LogP contribution in [0.25, 0.3) is 0 Å². The maximum absolute atomic E-state index is 5.91. The van der Waals surface area contributed by atoms with E-state index >= 15 is 0 Å². The number of hydrogen-bond acceptors (Lipinski definition) is 0. The van der Waals surface area contributed by atoms with Gasteiger partial charge in [-0.2, -0.15) is 0 Å². The van der Waals surface area contributed by atoms with E-state index in [-0.39, 0.29) is 0 Å². The molecule has 1 aliphatic rings. The van der Waals surface area contributed by atoms with Gasteiger partial charge in [0.2, 0.25) is 0 Å². The highest BCUT2D eigenvalue weighted by Gasteiger charge is 2.30. The molecule has 1 fully saturated rings. The van der Waals surface area contributed by atoms with Gasteiger partial charge in [-0.15, -0.1) is 11.6 Å². The van der Waals surface area contributed by atoms with Crippen LogP contribution in [0.5, 0.6) is 0 Å². The molecule has 0 aromatic heterocycles. The van der Waals surface area contributed by atoms with Gasteiger partial charge < -0.3 is 0 Å². The lowest BCUT2D eigenvalue weighted by atomic mass is 9.77. The Morgan fingerprint density at radius 3 is 2.00 bits per heavy atom. The summed E-state index contributed by atoms with van der Waals surface area (Å²) in [5, 5.41) is 0.495. The van der Waals surface area contributed by atoms with Crippen LogP contribution >= 0.6 is 11.6 Å². The van der Waals surface area contributed by atoms with E-state index in [1.54, 1.807) is 0 Å². The van der Waals surface area contributed by atoms with Gasteiger partial charge in [-0.05, 0) is 24.7 Å². The van der Waals surface area contributed by atoms with Crippen LogP contribution in [0.1, 0.15) is 26.7 Å². The summed E-state index contributed by atoms with van der Waals surface area (Å²) in [5.41, 5.74) is 0. The smallest absolute Gasteiger partial charge is 0.0366 e. The fraction of sp³-hybridized carbons (Fsp3) is 1.00. The predicted molar refractivity (Wildman–Crippen MR) is 37.2 cm³/mol. The van der Waals surface area contributed by atoms with E-state index in [0.717, 1.165) is 11.8 Å². The lowest BCUT2D eigenvalue weighted by Gasteiger charge is -2.34. The van der Waals surface area contributed by atoms with Crippen molar-refractivity contribution in [3.63, 3.8) is 0 Å². The van der Waals surface area contributed by atoms with Gasteiger partial charge in [0.05, 0.1) is 0 Å². The van der Waals surface area contributed by atoms with Crippen molar-refractivity contribution in [3.8, 4) is 0 Å². The summed E-state index contributed by atoms with van der Waals surface area (Å²) in [7, 11) is 0. The molecule has 48 valence electrons. The van der Waals surface area contributed by atoms with E-state index in [2.05, 4.69) is 13.8 Å². The molecule has 0 heterocycles. The van der Waals surface area contributed by atoms with Crippen molar-refractivity contribution in [2.75, 3.05) is 0 Å². The summed E-state index contributed by atoms with van der Waals surface area (Å²) in [6, 6.07) is 0. The topological polar surface area (TPSA) is 0 Å². The van der Waals surface area contributed by atoms with E-state index in [9.17, 15) is 0 Å². The zero-order valence-electron chi connectivity index (χ0n) is 5.52. The standard InChI is InChI=1S/C7H13Cl/c1-5(2)6-3-4-7(6)8/h5-7H,3-4H2,1-2H3. The molecule has 0 spiro atoms. The highest BCUT2D eigenvalue weighted by Crippen LogP contribution is 2.37. The number of rotatable bonds is 1. The van der Waals surface area contributed by atoms with Crippen LogP contribution in [0.3, 0.4) is 0 Å². The Morgan fingerprint density at radius 2 is 2.00 bits per heavy atom. The van der Waals surface area contributed by atoms with Crippen LogP contribution in [-0.4, -0.2) is 5.38 Å². The highest BCUT2D eigenvalue weighted by molar-refractivity contribution is 6.21. The van der Waals surface area contributed by atoms with Crippen molar-refractivity contribution >= 4 is 11.6 Å². The summed E-state index contributed by atoms with van der Waals surface area (Å²) in [6.45, 7) is 4.50. The van der Waals surface area contributed by atoms with E-state index in [1.165, 1.54) is 12.8 Å². The third kappa shape index (κ3) is 0.997. The van der Waals surface area contributed by atoms with Crippen LogP contribution in [0.15, 0.2) is 0 Å². The zero-order valence-corrected chi connectivity index (χ0v) is 6.28. The SMILES string of the molecule is CC(C)C1CCC1Cl. The Labute approximate surface area is 56.2 Å². The Balaban J connectivity index is 2.26. The largest absolute Gasteiger partial charge is 0.123 e. The predicted octanol–water partition coefficient (Wildman–Crippen LogP) is 2.66. The first-order chi connectivity index (χ1) is 3.72. The second-order valence-electron chi connectivity index (χ2n) is 3.00. The van der Waals surface area contributed by atoms with E-state index in [4.69, 9.17) is 11.6 Å². The third-order valence-corrected chi connectivity index (χ3v) is 2.64. The van der Waals surface area contributed by atoms with Crippen LogP contribution in [-0.2, 0) is 0 Å². The summed E-state index contributed by atoms with van der Waals surface area (Å²) < 4.78 is 0. The maximum atomic E-state index is 5.91. The molecule has 0 saturated heterocycles. The number of hydrogen-bond donors (Lipinski definition) is 0. The Morgan fingerprint density at radius 1 is 1.38 bits per heavy atom. The molecule has 2 atom stereocenters. The molecule has 1 aliphatic carbocycles. The van der Waals surface area contributed by atoms with Crippen LogP contribution in [0.4, 0.5) is 0 Å². The Kier molecular flexibility index (Phi) is 1.81. The minimum absolute atomic E-state index is 0.495. The molecular weight excluding hydrogens is 120 g/mol. The van der Waals surface area contributed by atoms with Crippen LogP contribution in [0, 0.1) is 11.8 Å². The number of halogens is 1. The van der Waals surface area contributed by atoms with Gasteiger partial charge in [-0.25, -0.2) is 0 Å². The lowest BCUT2D eigenvalue weighted by molar-refractivity contribution is 0.243. The molecule has 2 unspecified atom stereocenters. The minimum atomic E-state index is 0.495. The summed E-state index contributed by atoms with van der Waals surface area (Å²) in [4.78, 5) is 0. The summed E-state index contributed by atoms with van der Waals surface area (Å²) >= 11 is 5.91. The molecule has 1 heteroatoms. The van der Waals surface area contributed by atoms with Gasteiger partial charge in [0.25, 0.3) is 0 Å². The Bertz CT molecular complexity index is 73.7. The van der Waals surface area contributed by atoms with Gasteiger partial charge in [0.1, 0.15) is 0 Å². The molecule has 0 aromatic rings. The van der Waals surface area contributed by atoms with Crippen molar-refractivity contribution in [2.45, 2.75) is 32.1 Å². The highest BCUT2D eigenvalue weighted by atomic mass is 35.5. The van der Waals surface area contributed by atoms with Gasteiger partial charge in [0.15, 0.2) is 0 Å². The number of alkyl halides is 1. The lowest BCUT2D eigenvalue weighted by Crippen LogP contribution is -2.30. The fourth-order valence-corrected chi connectivity index (χ4v) is 1.78. The van der Waals surface area contributed by atoms with Crippen LogP contribution in [0.2, 0.25) is 0 Å². The second-order valence-corrected chi connectivity index (χ2v) is 3.56. The third-order valence-electron chi connectivity index (χ3n) is 2.10. The molecular formula is C7H13Cl. The van der Waals surface area contributed by atoms with Crippen molar-refractivity contribution in [2.24, 2.45) is 11.8 Å². The average Bonchev–Trinajstić information content (AvgIpc) is 1.61. The van der Waals surface area contributed by atoms with E-state index in [1.807, 2.05) is 0 Å². The molecule has 1 rings (SSSR count). The molecule has 0 nitrogen and oxygen atoms in total.